The maximum absolute atomic E-state index is 12.3. The molecule has 140 valence electrons. The van der Waals surface area contributed by atoms with Crippen LogP contribution in [0.4, 0.5) is 0 Å². The molecule has 0 amide bonds. The Kier molecular flexibility index (Phi) is 6.02. The first-order valence-electron chi connectivity index (χ1n) is 9.64. The second-order valence-corrected chi connectivity index (χ2v) is 7.23. The molecule has 0 fully saturated rings. The zero-order chi connectivity index (χ0) is 19.4. The normalized spacial score (nSPS) is 12.3. The first kappa shape index (κ1) is 19.2. The molecule has 3 heteroatoms. The molecule has 0 spiro atoms. The molecule has 1 atom stereocenters. The number of pyridine rings is 1. The second-order valence-electron chi connectivity index (χ2n) is 7.23. The van der Waals surface area contributed by atoms with Crippen LogP contribution in [0.1, 0.15) is 43.0 Å². The first-order chi connectivity index (χ1) is 13.0. The molecule has 0 saturated carbocycles. The quantitative estimate of drug-likeness (QED) is 0.631. The average Bonchev–Trinajstić information content (AvgIpc) is 2.67. The van der Waals surface area contributed by atoms with Crippen molar-refractivity contribution in [1.82, 2.24) is 4.98 Å². The van der Waals surface area contributed by atoms with Crippen molar-refractivity contribution < 1.29 is 9.90 Å². The molecule has 0 aliphatic carbocycles. The molecule has 1 heterocycles. The maximum Gasteiger partial charge on any atom is 0.137 e. The van der Waals surface area contributed by atoms with Gasteiger partial charge in [0, 0.05) is 29.5 Å². The number of aliphatic hydroxyl groups is 1. The minimum Gasteiger partial charge on any atom is -0.393 e. The number of nitrogens with zero attached hydrogens (tertiary/aromatic N) is 1. The van der Waals surface area contributed by atoms with Crippen LogP contribution in [0.15, 0.2) is 48.5 Å². The number of aromatic nitrogens is 1. The van der Waals surface area contributed by atoms with E-state index in [1.54, 1.807) is 0 Å². The number of aliphatic hydroxyl groups excluding tert-OH is 1. The van der Waals surface area contributed by atoms with Crippen molar-refractivity contribution in [3.8, 4) is 11.1 Å². The number of benzene rings is 2. The summed E-state index contributed by atoms with van der Waals surface area (Å²) in [6, 6.07) is 16.4. The first-order valence-corrected chi connectivity index (χ1v) is 9.64. The van der Waals surface area contributed by atoms with Gasteiger partial charge in [-0.15, -0.1) is 0 Å². The summed E-state index contributed by atoms with van der Waals surface area (Å²) in [7, 11) is 0. The molecule has 3 aromatic rings. The summed E-state index contributed by atoms with van der Waals surface area (Å²) in [5.41, 5.74) is 6.51. The van der Waals surface area contributed by atoms with Crippen molar-refractivity contribution in [2.24, 2.45) is 0 Å². The van der Waals surface area contributed by atoms with Gasteiger partial charge in [-0.25, -0.2) is 0 Å². The summed E-state index contributed by atoms with van der Waals surface area (Å²) in [4.78, 5) is 17.1. The fraction of sp³-hybridized carbons (Fsp3) is 0.333. The highest BCUT2D eigenvalue weighted by Gasteiger charge is 2.13. The zero-order valence-corrected chi connectivity index (χ0v) is 16.3. The van der Waals surface area contributed by atoms with Gasteiger partial charge in [0.25, 0.3) is 0 Å². The van der Waals surface area contributed by atoms with Crippen LogP contribution in [-0.4, -0.2) is 22.0 Å². The number of aryl methyl sites for hydroxylation is 2. The second kappa shape index (κ2) is 8.45. The Labute approximate surface area is 161 Å². The van der Waals surface area contributed by atoms with Gasteiger partial charge < -0.3 is 5.11 Å². The fourth-order valence-electron chi connectivity index (χ4n) is 3.61. The zero-order valence-electron chi connectivity index (χ0n) is 16.3. The molecule has 0 unspecified atom stereocenters. The van der Waals surface area contributed by atoms with E-state index in [1.165, 1.54) is 5.56 Å². The molecule has 3 nitrogen and oxygen atoms in total. The number of hydrogen-bond donors (Lipinski definition) is 1. The standard InChI is InChI=1S/C24H27NO2/c1-4-20(26)11-12-21(27)14-18-10-13-23-22(15-18)16(2)24(17(3)25-23)19-8-6-5-7-9-19/h5-10,13,15,20,26H,4,11-12,14H2,1-3H3/t20-/m1/s1. The largest absolute Gasteiger partial charge is 0.393 e. The van der Waals surface area contributed by atoms with E-state index in [0.717, 1.165) is 33.3 Å². The van der Waals surface area contributed by atoms with Gasteiger partial charge in [-0.2, -0.15) is 0 Å². The Bertz CT molecular complexity index is 948. The van der Waals surface area contributed by atoms with Gasteiger partial charge in [0.1, 0.15) is 5.78 Å². The lowest BCUT2D eigenvalue weighted by Crippen LogP contribution is -2.10. The van der Waals surface area contributed by atoms with Crippen LogP contribution < -0.4 is 0 Å². The molecule has 0 saturated heterocycles. The van der Waals surface area contributed by atoms with Gasteiger partial charge in [0.05, 0.1) is 11.6 Å². The Hall–Kier alpha value is -2.52. The molecular weight excluding hydrogens is 334 g/mol. The van der Waals surface area contributed by atoms with Crippen LogP contribution >= 0.6 is 0 Å². The minimum atomic E-state index is -0.381. The SMILES string of the molecule is CC[C@@H](O)CCC(=O)Cc1ccc2nc(C)c(-c3ccccc3)c(C)c2c1. The predicted octanol–water partition coefficient (Wildman–Crippen LogP) is 5.18. The molecule has 1 aromatic heterocycles. The minimum absolute atomic E-state index is 0.169. The average molecular weight is 361 g/mol. The third-order valence-electron chi connectivity index (χ3n) is 5.18. The monoisotopic (exact) mass is 361 g/mol. The smallest absolute Gasteiger partial charge is 0.137 e. The van der Waals surface area contributed by atoms with E-state index in [1.807, 2.05) is 44.2 Å². The number of carbonyl (C=O) groups excluding carboxylic acids is 1. The highest BCUT2D eigenvalue weighted by Crippen LogP contribution is 2.31. The lowest BCUT2D eigenvalue weighted by molar-refractivity contribution is -0.119. The Morgan fingerprint density at radius 3 is 2.56 bits per heavy atom. The van der Waals surface area contributed by atoms with Gasteiger partial charge >= 0.3 is 0 Å². The van der Waals surface area contributed by atoms with Crippen molar-refractivity contribution >= 4 is 16.7 Å². The molecular formula is C24H27NO2. The topological polar surface area (TPSA) is 50.2 Å². The molecule has 1 N–H and O–H groups in total. The van der Waals surface area contributed by atoms with E-state index >= 15 is 0 Å². The maximum atomic E-state index is 12.3. The lowest BCUT2D eigenvalue weighted by Gasteiger charge is -2.14. The van der Waals surface area contributed by atoms with Crippen LogP contribution in [0.2, 0.25) is 0 Å². The lowest BCUT2D eigenvalue weighted by atomic mass is 9.94. The van der Waals surface area contributed by atoms with Crippen LogP contribution in [0.25, 0.3) is 22.0 Å². The molecule has 0 radical (unpaired) electrons. The van der Waals surface area contributed by atoms with Crippen LogP contribution in [0.5, 0.6) is 0 Å². The van der Waals surface area contributed by atoms with Crippen molar-refractivity contribution in [2.45, 2.75) is 52.6 Å². The van der Waals surface area contributed by atoms with Gasteiger partial charge in [-0.3, -0.25) is 9.78 Å². The highest BCUT2D eigenvalue weighted by molar-refractivity contribution is 5.91. The van der Waals surface area contributed by atoms with Crippen molar-refractivity contribution in [3.63, 3.8) is 0 Å². The van der Waals surface area contributed by atoms with Crippen LogP contribution in [-0.2, 0) is 11.2 Å². The van der Waals surface area contributed by atoms with E-state index in [2.05, 4.69) is 25.1 Å². The summed E-state index contributed by atoms with van der Waals surface area (Å²) in [5.74, 6) is 0.169. The summed E-state index contributed by atoms with van der Waals surface area (Å²) in [5, 5.41) is 10.8. The summed E-state index contributed by atoms with van der Waals surface area (Å²) < 4.78 is 0. The molecule has 0 aliphatic heterocycles. The molecule has 2 aromatic carbocycles. The predicted molar refractivity (Wildman–Crippen MR) is 111 cm³/mol. The fourth-order valence-corrected chi connectivity index (χ4v) is 3.61. The third-order valence-corrected chi connectivity index (χ3v) is 5.18. The van der Waals surface area contributed by atoms with Gasteiger partial charge in [0.2, 0.25) is 0 Å². The Morgan fingerprint density at radius 1 is 1.11 bits per heavy atom. The number of fused-ring (bicyclic) bond motifs is 1. The molecule has 0 aliphatic rings. The van der Waals surface area contributed by atoms with E-state index in [-0.39, 0.29) is 11.9 Å². The Morgan fingerprint density at radius 2 is 1.85 bits per heavy atom. The Balaban J connectivity index is 1.91. The number of ketones is 1. The third kappa shape index (κ3) is 4.42. The molecule has 27 heavy (non-hydrogen) atoms. The van der Waals surface area contributed by atoms with Crippen LogP contribution in [0.3, 0.4) is 0 Å². The van der Waals surface area contributed by atoms with Crippen molar-refractivity contribution in [1.29, 1.82) is 0 Å². The van der Waals surface area contributed by atoms with E-state index in [0.29, 0.717) is 25.7 Å². The number of hydrogen-bond acceptors (Lipinski definition) is 3. The van der Waals surface area contributed by atoms with E-state index < -0.39 is 0 Å². The van der Waals surface area contributed by atoms with Crippen LogP contribution in [0, 0.1) is 13.8 Å². The molecule has 0 bridgehead atoms. The summed E-state index contributed by atoms with van der Waals surface area (Å²) in [6.07, 6.45) is 1.68. The molecule has 3 rings (SSSR count). The van der Waals surface area contributed by atoms with E-state index in [9.17, 15) is 9.90 Å². The summed E-state index contributed by atoms with van der Waals surface area (Å²) in [6.45, 7) is 6.11. The number of carbonyl (C=O) groups is 1. The summed E-state index contributed by atoms with van der Waals surface area (Å²) >= 11 is 0. The van der Waals surface area contributed by atoms with E-state index in [4.69, 9.17) is 4.98 Å². The van der Waals surface area contributed by atoms with Gasteiger partial charge in [-0.1, -0.05) is 43.3 Å². The van der Waals surface area contributed by atoms with Crippen molar-refractivity contribution in [2.75, 3.05) is 0 Å². The highest BCUT2D eigenvalue weighted by atomic mass is 16.3. The van der Waals surface area contributed by atoms with Gasteiger partial charge in [0.15, 0.2) is 0 Å². The van der Waals surface area contributed by atoms with Crippen molar-refractivity contribution in [3.05, 3.63) is 65.4 Å². The number of rotatable bonds is 7. The van der Waals surface area contributed by atoms with Gasteiger partial charge in [-0.05, 0) is 55.5 Å². The number of Topliss-reactive ketones (excluding diaryl/α,β-unsaturated/α-hetero) is 1.